The van der Waals surface area contributed by atoms with Crippen LogP contribution in [0.1, 0.15) is 66.2 Å². The van der Waals surface area contributed by atoms with Gasteiger partial charge in [0, 0.05) is 30.7 Å². The molecule has 31 heavy (non-hydrogen) atoms. The van der Waals surface area contributed by atoms with E-state index in [4.69, 9.17) is 5.73 Å². The van der Waals surface area contributed by atoms with Crippen LogP contribution in [-0.2, 0) is 0 Å². The second-order valence-corrected chi connectivity index (χ2v) is 7.98. The number of nitrogens with two attached hydrogens (primary N) is 1. The third-order valence-corrected chi connectivity index (χ3v) is 5.77. The van der Waals surface area contributed by atoms with E-state index >= 15 is 0 Å². The van der Waals surface area contributed by atoms with Crippen molar-refractivity contribution in [3.05, 3.63) is 71.1 Å². The van der Waals surface area contributed by atoms with Crippen LogP contribution in [0.4, 0.5) is 18.9 Å². The van der Waals surface area contributed by atoms with Crippen LogP contribution >= 0.6 is 0 Å². The van der Waals surface area contributed by atoms with Gasteiger partial charge in [-0.25, -0.2) is 18.2 Å². The van der Waals surface area contributed by atoms with E-state index in [9.17, 15) is 18.0 Å². The van der Waals surface area contributed by atoms with E-state index in [-0.39, 0.29) is 41.8 Å². The van der Waals surface area contributed by atoms with Crippen molar-refractivity contribution in [2.45, 2.75) is 50.5 Å². The Labute approximate surface area is 178 Å². The van der Waals surface area contributed by atoms with Crippen LogP contribution < -0.4 is 11.1 Å². The molecule has 2 aromatic rings. The Balaban J connectivity index is 1.61. The quantitative estimate of drug-likeness (QED) is 0.703. The number of nitrogens with one attached hydrogen (secondary N) is 1. The fourth-order valence-electron chi connectivity index (χ4n) is 4.19. The fraction of sp³-hybridized carbons (Fsp3) is 0.348. The molecule has 2 aliphatic rings. The van der Waals surface area contributed by atoms with Crippen molar-refractivity contribution in [1.29, 1.82) is 0 Å². The molecule has 0 aliphatic heterocycles. The molecule has 0 saturated heterocycles. The molecule has 4 rings (SSSR count). The first-order valence-corrected chi connectivity index (χ1v) is 10.3. The van der Waals surface area contributed by atoms with Gasteiger partial charge in [-0.05, 0) is 55.0 Å². The molecule has 0 radical (unpaired) electrons. The second-order valence-electron chi connectivity index (χ2n) is 7.98. The number of nitrogens with zero attached hydrogens (tertiary/aromatic N) is 2. The Kier molecular flexibility index (Phi) is 6.18. The lowest BCUT2D eigenvalue weighted by Gasteiger charge is -2.28. The smallest absolute Gasteiger partial charge is 0.274 e. The first-order chi connectivity index (χ1) is 14.9. The van der Waals surface area contributed by atoms with Crippen molar-refractivity contribution in [3.8, 4) is 0 Å². The highest BCUT2D eigenvalue weighted by atomic mass is 19.1. The van der Waals surface area contributed by atoms with Crippen LogP contribution in [0.2, 0.25) is 0 Å². The minimum absolute atomic E-state index is 0.0776. The average molecular weight is 428 g/mol. The summed E-state index contributed by atoms with van der Waals surface area (Å²) in [6.45, 7) is 0. The highest BCUT2D eigenvalue weighted by Crippen LogP contribution is 2.36. The molecular weight excluding hydrogens is 405 g/mol. The van der Waals surface area contributed by atoms with Gasteiger partial charge < -0.3 is 11.1 Å². The van der Waals surface area contributed by atoms with E-state index < -0.39 is 23.4 Å². The minimum Gasteiger partial charge on any atom is -0.328 e. The van der Waals surface area contributed by atoms with E-state index in [2.05, 4.69) is 15.3 Å². The Hall–Kier alpha value is -3.00. The zero-order valence-corrected chi connectivity index (χ0v) is 16.9. The first-order valence-electron chi connectivity index (χ1n) is 10.3. The third kappa shape index (κ3) is 4.69. The molecule has 3 N–H and O–H groups in total. The lowest BCUT2D eigenvalue weighted by Crippen LogP contribution is -2.27. The number of carbonyl (C=O) groups excluding carboxylic acids is 1. The average Bonchev–Trinajstić information content (AvgIpc) is 2.76. The number of hydrogen-bond acceptors (Lipinski definition) is 4. The predicted molar refractivity (Wildman–Crippen MR) is 112 cm³/mol. The Morgan fingerprint density at radius 2 is 1.97 bits per heavy atom. The van der Waals surface area contributed by atoms with Crippen LogP contribution in [0.5, 0.6) is 0 Å². The molecule has 1 fully saturated rings. The highest BCUT2D eigenvalue weighted by Gasteiger charge is 2.25. The van der Waals surface area contributed by atoms with E-state index in [1.165, 1.54) is 6.07 Å². The Morgan fingerprint density at radius 1 is 1.13 bits per heavy atom. The molecule has 2 atom stereocenters. The molecule has 2 aromatic heterocycles. The van der Waals surface area contributed by atoms with E-state index in [1.807, 2.05) is 6.07 Å². The minimum atomic E-state index is -0.828. The molecule has 162 valence electrons. The van der Waals surface area contributed by atoms with Crippen molar-refractivity contribution in [1.82, 2.24) is 9.97 Å². The molecule has 2 aliphatic carbocycles. The molecule has 0 spiro atoms. The van der Waals surface area contributed by atoms with E-state index in [0.717, 1.165) is 43.4 Å². The van der Waals surface area contributed by atoms with Gasteiger partial charge in [-0.3, -0.25) is 9.78 Å². The number of anilines is 1. The predicted octanol–water partition coefficient (Wildman–Crippen LogP) is 5.18. The summed E-state index contributed by atoms with van der Waals surface area (Å²) in [5.74, 6) is -2.43. The van der Waals surface area contributed by atoms with Gasteiger partial charge in [0.25, 0.3) is 5.91 Å². The van der Waals surface area contributed by atoms with Gasteiger partial charge in [-0.1, -0.05) is 6.42 Å². The maximum absolute atomic E-state index is 14.3. The summed E-state index contributed by atoms with van der Waals surface area (Å²) in [4.78, 5) is 20.9. The summed E-state index contributed by atoms with van der Waals surface area (Å²) >= 11 is 0. The standard InChI is InChI=1S/C23H23F3N4O/c24-14-4-5-18(25)17(11-14)22-19(26)6-7-20(29-22)23(31)30-21-12-28-9-8-16(21)13-2-1-3-15(27)10-13/h6-9,11-13,15H,1-5,10,27H2,(H,30,31). The maximum atomic E-state index is 14.3. The summed E-state index contributed by atoms with van der Waals surface area (Å²) in [7, 11) is 0. The zero-order valence-electron chi connectivity index (χ0n) is 16.9. The van der Waals surface area contributed by atoms with Crippen LogP contribution in [0, 0.1) is 5.82 Å². The highest BCUT2D eigenvalue weighted by molar-refractivity contribution is 6.03. The SMILES string of the molecule is NC1CCCC(c2ccncc2NC(=O)c2ccc(F)c(C3=C(F)CCC(F)=C3)n2)C1. The zero-order chi connectivity index (χ0) is 22.0. The Bertz CT molecular complexity index is 1070. The largest absolute Gasteiger partial charge is 0.328 e. The number of hydrogen-bond donors (Lipinski definition) is 2. The van der Waals surface area contributed by atoms with Gasteiger partial charge in [0.15, 0.2) is 0 Å². The van der Waals surface area contributed by atoms with Gasteiger partial charge in [0.1, 0.15) is 28.9 Å². The van der Waals surface area contributed by atoms with Crippen molar-refractivity contribution < 1.29 is 18.0 Å². The number of amides is 1. The lowest BCUT2D eigenvalue weighted by atomic mass is 9.81. The normalized spacial score (nSPS) is 21.6. The number of pyridine rings is 2. The number of carbonyl (C=O) groups is 1. The van der Waals surface area contributed by atoms with Gasteiger partial charge in [0.05, 0.1) is 11.9 Å². The topological polar surface area (TPSA) is 80.9 Å². The van der Waals surface area contributed by atoms with Crippen LogP contribution in [0.15, 0.2) is 48.3 Å². The van der Waals surface area contributed by atoms with Crippen molar-refractivity contribution in [3.63, 3.8) is 0 Å². The van der Waals surface area contributed by atoms with Crippen LogP contribution in [0.25, 0.3) is 5.57 Å². The molecule has 5 nitrogen and oxygen atoms in total. The maximum Gasteiger partial charge on any atom is 0.274 e. The lowest BCUT2D eigenvalue weighted by molar-refractivity contribution is 0.102. The monoisotopic (exact) mass is 428 g/mol. The second kappa shape index (κ2) is 9.01. The van der Waals surface area contributed by atoms with Gasteiger partial charge in [0.2, 0.25) is 0 Å². The van der Waals surface area contributed by atoms with E-state index in [1.54, 1.807) is 12.4 Å². The third-order valence-electron chi connectivity index (χ3n) is 5.77. The first kappa shape index (κ1) is 21.2. The van der Waals surface area contributed by atoms with Crippen molar-refractivity contribution in [2.75, 3.05) is 5.32 Å². The molecule has 2 heterocycles. The molecular formula is C23H23F3N4O. The number of aromatic nitrogens is 2. The molecule has 8 heteroatoms. The molecule has 2 unspecified atom stereocenters. The van der Waals surface area contributed by atoms with Crippen molar-refractivity contribution >= 4 is 17.2 Å². The number of allylic oxidation sites excluding steroid dienone is 4. The van der Waals surface area contributed by atoms with Gasteiger partial charge in [-0.2, -0.15) is 0 Å². The number of halogens is 3. The molecule has 0 aromatic carbocycles. The summed E-state index contributed by atoms with van der Waals surface area (Å²) in [6.07, 6.45) is 7.67. The van der Waals surface area contributed by atoms with Gasteiger partial charge >= 0.3 is 0 Å². The molecule has 1 saturated carbocycles. The molecule has 1 amide bonds. The van der Waals surface area contributed by atoms with Crippen molar-refractivity contribution in [2.24, 2.45) is 5.73 Å². The van der Waals surface area contributed by atoms with E-state index in [0.29, 0.717) is 5.69 Å². The summed E-state index contributed by atoms with van der Waals surface area (Å²) in [5, 5.41) is 2.78. The Morgan fingerprint density at radius 3 is 2.77 bits per heavy atom. The number of rotatable bonds is 4. The summed E-state index contributed by atoms with van der Waals surface area (Å²) in [6, 6.07) is 4.21. The molecule has 0 bridgehead atoms. The van der Waals surface area contributed by atoms with Crippen LogP contribution in [-0.4, -0.2) is 21.9 Å². The summed E-state index contributed by atoms with van der Waals surface area (Å²) in [5.41, 5.74) is 6.83. The van der Waals surface area contributed by atoms with Gasteiger partial charge in [-0.15, -0.1) is 0 Å². The summed E-state index contributed by atoms with van der Waals surface area (Å²) < 4.78 is 42.2. The fourth-order valence-corrected chi connectivity index (χ4v) is 4.19. The van der Waals surface area contributed by atoms with Crippen LogP contribution in [0.3, 0.4) is 0 Å².